The molecule has 5 nitrogen and oxygen atoms in total. The van der Waals surface area contributed by atoms with E-state index in [2.05, 4.69) is 22.5 Å². The fraction of sp³-hybridized carbons (Fsp3) is 0.0625. The summed E-state index contributed by atoms with van der Waals surface area (Å²) in [4.78, 5) is 4.00. The zero-order chi connectivity index (χ0) is 14.8. The molecule has 0 saturated heterocycles. The van der Waals surface area contributed by atoms with Crippen molar-refractivity contribution in [1.82, 2.24) is 0 Å². The van der Waals surface area contributed by atoms with E-state index >= 15 is 0 Å². The largest absolute Gasteiger partial charge is 0.397 e. The summed E-state index contributed by atoms with van der Waals surface area (Å²) in [6.07, 6.45) is 2.14. The van der Waals surface area contributed by atoms with Gasteiger partial charge in [0, 0.05) is 12.1 Å². The van der Waals surface area contributed by atoms with E-state index in [1.54, 1.807) is 0 Å². The summed E-state index contributed by atoms with van der Waals surface area (Å²) >= 11 is 0. The average molecular weight is 279 g/mol. The van der Waals surface area contributed by atoms with Gasteiger partial charge >= 0.3 is 0 Å². The van der Waals surface area contributed by atoms with Gasteiger partial charge in [-0.05, 0) is 35.4 Å². The van der Waals surface area contributed by atoms with Crippen LogP contribution in [-0.2, 0) is 0 Å². The SMILES string of the molecule is NC(N)=Nc1ccc(C=C2CNc3c(N)cccc32)cc1. The van der Waals surface area contributed by atoms with Crippen LogP contribution in [0.3, 0.4) is 0 Å². The lowest BCUT2D eigenvalue weighted by atomic mass is 10.0. The van der Waals surface area contributed by atoms with Gasteiger partial charge in [-0.1, -0.05) is 24.3 Å². The van der Waals surface area contributed by atoms with Crippen molar-refractivity contribution >= 4 is 34.7 Å². The summed E-state index contributed by atoms with van der Waals surface area (Å²) in [5, 5.41) is 3.33. The Balaban J connectivity index is 1.91. The quantitative estimate of drug-likeness (QED) is 0.384. The maximum Gasteiger partial charge on any atom is 0.191 e. The number of anilines is 2. The van der Waals surface area contributed by atoms with E-state index in [-0.39, 0.29) is 5.96 Å². The van der Waals surface area contributed by atoms with E-state index in [1.165, 1.54) is 5.57 Å². The van der Waals surface area contributed by atoms with Crippen molar-refractivity contribution in [3.8, 4) is 0 Å². The topological polar surface area (TPSA) is 102 Å². The maximum absolute atomic E-state index is 5.97. The molecule has 0 unspecified atom stereocenters. The Morgan fingerprint density at radius 2 is 1.86 bits per heavy atom. The van der Waals surface area contributed by atoms with Crippen molar-refractivity contribution < 1.29 is 0 Å². The highest BCUT2D eigenvalue weighted by molar-refractivity contribution is 5.96. The van der Waals surface area contributed by atoms with Gasteiger partial charge in [0.05, 0.1) is 17.1 Å². The summed E-state index contributed by atoms with van der Waals surface area (Å²) in [5.74, 6) is 0.0606. The lowest BCUT2D eigenvalue weighted by molar-refractivity contribution is 1.42. The lowest BCUT2D eigenvalue weighted by Gasteiger charge is -2.03. The second-order valence-electron chi connectivity index (χ2n) is 4.92. The Labute approximate surface area is 123 Å². The zero-order valence-electron chi connectivity index (χ0n) is 11.5. The number of guanidine groups is 1. The first-order chi connectivity index (χ1) is 10.1. The van der Waals surface area contributed by atoms with Crippen molar-refractivity contribution in [2.45, 2.75) is 0 Å². The van der Waals surface area contributed by atoms with E-state index in [1.807, 2.05) is 36.4 Å². The Morgan fingerprint density at radius 3 is 2.57 bits per heavy atom. The average Bonchev–Trinajstić information content (AvgIpc) is 2.85. The number of aliphatic imine (C=N–C) groups is 1. The third-order valence-electron chi connectivity index (χ3n) is 3.39. The lowest BCUT2D eigenvalue weighted by Crippen LogP contribution is -2.21. The Morgan fingerprint density at radius 1 is 1.10 bits per heavy atom. The number of para-hydroxylation sites is 1. The minimum atomic E-state index is 0.0606. The second kappa shape index (κ2) is 5.20. The van der Waals surface area contributed by atoms with Gasteiger partial charge in [-0.25, -0.2) is 4.99 Å². The van der Waals surface area contributed by atoms with Crippen LogP contribution in [0.1, 0.15) is 11.1 Å². The molecule has 0 radical (unpaired) electrons. The molecule has 1 aliphatic rings. The summed E-state index contributed by atoms with van der Waals surface area (Å²) < 4.78 is 0. The van der Waals surface area contributed by atoms with E-state index in [0.29, 0.717) is 0 Å². The highest BCUT2D eigenvalue weighted by Gasteiger charge is 2.17. The Kier molecular flexibility index (Phi) is 3.23. The molecule has 21 heavy (non-hydrogen) atoms. The van der Waals surface area contributed by atoms with Crippen LogP contribution in [0, 0.1) is 0 Å². The fourth-order valence-corrected chi connectivity index (χ4v) is 2.44. The monoisotopic (exact) mass is 279 g/mol. The molecule has 106 valence electrons. The first-order valence-electron chi connectivity index (χ1n) is 6.66. The number of benzene rings is 2. The molecule has 0 saturated carbocycles. The summed E-state index contributed by atoms with van der Waals surface area (Å²) in [6, 6.07) is 13.7. The fourth-order valence-electron chi connectivity index (χ4n) is 2.44. The molecule has 0 spiro atoms. The molecule has 0 amide bonds. The minimum absolute atomic E-state index is 0.0606. The second-order valence-corrected chi connectivity index (χ2v) is 4.92. The number of nitrogens with two attached hydrogens (primary N) is 3. The number of hydrogen-bond acceptors (Lipinski definition) is 3. The standard InChI is InChI=1S/C16H17N5/c17-14-3-1-2-13-11(9-20-15(13)14)8-10-4-6-12(7-5-10)21-16(18)19/h1-8,20H,9,17H2,(H4,18,19,21). The Bertz CT molecular complexity index is 725. The molecule has 3 rings (SSSR count). The number of nitrogen functional groups attached to an aromatic ring is 1. The van der Waals surface area contributed by atoms with Crippen LogP contribution in [-0.4, -0.2) is 12.5 Å². The van der Waals surface area contributed by atoms with Gasteiger partial charge in [-0.2, -0.15) is 0 Å². The molecule has 7 N–H and O–H groups in total. The van der Waals surface area contributed by atoms with Gasteiger partial charge < -0.3 is 22.5 Å². The summed E-state index contributed by atoms with van der Waals surface area (Å²) in [6.45, 7) is 0.777. The predicted octanol–water partition coefficient (Wildman–Crippen LogP) is 2.14. The van der Waals surface area contributed by atoms with Crippen molar-refractivity contribution in [1.29, 1.82) is 0 Å². The first kappa shape index (κ1) is 13.1. The molecular weight excluding hydrogens is 262 g/mol. The van der Waals surface area contributed by atoms with Gasteiger partial charge in [0.2, 0.25) is 0 Å². The molecular formula is C16H17N5. The molecule has 0 atom stereocenters. The molecule has 1 aliphatic heterocycles. The van der Waals surface area contributed by atoms with E-state index in [9.17, 15) is 0 Å². The summed E-state index contributed by atoms with van der Waals surface area (Å²) in [7, 11) is 0. The minimum Gasteiger partial charge on any atom is -0.397 e. The highest BCUT2D eigenvalue weighted by atomic mass is 15.0. The van der Waals surface area contributed by atoms with Crippen molar-refractivity contribution in [3.05, 3.63) is 53.6 Å². The third kappa shape index (κ3) is 2.67. The van der Waals surface area contributed by atoms with Crippen LogP contribution in [0.25, 0.3) is 11.6 Å². The van der Waals surface area contributed by atoms with Crippen molar-refractivity contribution in [3.63, 3.8) is 0 Å². The predicted molar refractivity (Wildman–Crippen MR) is 89.1 cm³/mol. The first-order valence-corrected chi connectivity index (χ1v) is 6.66. The van der Waals surface area contributed by atoms with Gasteiger partial charge in [-0.3, -0.25) is 0 Å². The molecule has 1 heterocycles. The third-order valence-corrected chi connectivity index (χ3v) is 3.39. The van der Waals surface area contributed by atoms with Gasteiger partial charge in [0.15, 0.2) is 5.96 Å². The van der Waals surface area contributed by atoms with Crippen molar-refractivity contribution in [2.75, 3.05) is 17.6 Å². The van der Waals surface area contributed by atoms with E-state index < -0.39 is 0 Å². The van der Waals surface area contributed by atoms with Crippen LogP contribution in [0.4, 0.5) is 17.1 Å². The molecule has 0 bridgehead atoms. The normalized spacial score (nSPS) is 14.6. The van der Waals surface area contributed by atoms with Crippen molar-refractivity contribution in [2.24, 2.45) is 16.5 Å². The number of nitrogens with zero attached hydrogens (tertiary/aromatic N) is 1. The van der Waals surface area contributed by atoms with Gasteiger partial charge in [-0.15, -0.1) is 0 Å². The van der Waals surface area contributed by atoms with Gasteiger partial charge in [0.1, 0.15) is 0 Å². The molecule has 5 heteroatoms. The van der Waals surface area contributed by atoms with Crippen LogP contribution in [0.15, 0.2) is 47.5 Å². The number of nitrogens with one attached hydrogen (secondary N) is 1. The van der Waals surface area contributed by atoms with Crippen LogP contribution in [0.2, 0.25) is 0 Å². The van der Waals surface area contributed by atoms with E-state index in [4.69, 9.17) is 17.2 Å². The molecule has 2 aromatic carbocycles. The number of rotatable bonds is 2. The van der Waals surface area contributed by atoms with Gasteiger partial charge in [0.25, 0.3) is 0 Å². The number of fused-ring (bicyclic) bond motifs is 1. The molecule has 0 fully saturated rings. The molecule has 0 aliphatic carbocycles. The Hall–Kier alpha value is -2.95. The molecule has 0 aromatic heterocycles. The van der Waals surface area contributed by atoms with E-state index in [0.717, 1.165) is 34.7 Å². The number of hydrogen-bond donors (Lipinski definition) is 4. The smallest absolute Gasteiger partial charge is 0.191 e. The maximum atomic E-state index is 5.97. The highest BCUT2D eigenvalue weighted by Crippen LogP contribution is 2.36. The zero-order valence-corrected chi connectivity index (χ0v) is 11.5. The van der Waals surface area contributed by atoms with Crippen LogP contribution >= 0.6 is 0 Å². The summed E-state index contributed by atoms with van der Waals surface area (Å²) in [5.41, 5.74) is 22.7. The van der Waals surface area contributed by atoms with Crippen LogP contribution < -0.4 is 22.5 Å². The van der Waals surface area contributed by atoms with Crippen LogP contribution in [0.5, 0.6) is 0 Å². The molecule has 2 aromatic rings.